The molecule has 0 aliphatic carbocycles. The Hall–Kier alpha value is -1.52. The van der Waals surface area contributed by atoms with E-state index in [-0.39, 0.29) is 6.04 Å². The third-order valence-corrected chi connectivity index (χ3v) is 2.68. The zero-order valence-electron chi connectivity index (χ0n) is 10.0. The van der Waals surface area contributed by atoms with Crippen LogP contribution in [0.25, 0.3) is 0 Å². The van der Waals surface area contributed by atoms with E-state index in [0.717, 1.165) is 11.5 Å². The van der Waals surface area contributed by atoms with Gasteiger partial charge >= 0.3 is 0 Å². The van der Waals surface area contributed by atoms with E-state index in [2.05, 4.69) is 5.32 Å². The molecule has 0 radical (unpaired) electrons. The molecule has 0 bridgehead atoms. The molecular formula is C13H17NO3. The molecule has 4 nitrogen and oxygen atoms in total. The number of nitrogens with one attached hydrogen (secondary N) is 1. The molecular weight excluding hydrogens is 218 g/mol. The summed E-state index contributed by atoms with van der Waals surface area (Å²) < 4.78 is 10.6. The van der Waals surface area contributed by atoms with Crippen LogP contribution >= 0.6 is 0 Å². The highest BCUT2D eigenvalue weighted by Crippen LogP contribution is 2.17. The number of aliphatic hydroxyl groups excluding tert-OH is 1. The van der Waals surface area contributed by atoms with Gasteiger partial charge in [0.15, 0.2) is 0 Å². The minimum atomic E-state index is -0.636. The fourth-order valence-electron chi connectivity index (χ4n) is 1.66. The molecule has 0 aliphatic heterocycles. The Labute approximate surface area is 100 Å². The molecule has 0 aliphatic rings. The predicted molar refractivity (Wildman–Crippen MR) is 63.5 cm³/mol. The van der Waals surface area contributed by atoms with Crippen LogP contribution in [0.2, 0.25) is 0 Å². The quantitative estimate of drug-likeness (QED) is 0.836. The van der Waals surface area contributed by atoms with Crippen molar-refractivity contribution in [2.45, 2.75) is 26.0 Å². The van der Waals surface area contributed by atoms with Gasteiger partial charge in [0.25, 0.3) is 0 Å². The van der Waals surface area contributed by atoms with Crippen molar-refractivity contribution in [3.05, 3.63) is 47.8 Å². The van der Waals surface area contributed by atoms with E-state index >= 15 is 0 Å². The summed E-state index contributed by atoms with van der Waals surface area (Å²) in [5.74, 6) is 2.33. The molecule has 0 saturated carbocycles. The monoisotopic (exact) mass is 235 g/mol. The molecule has 17 heavy (non-hydrogen) atoms. The lowest BCUT2D eigenvalue weighted by atomic mass is 10.2. The highest BCUT2D eigenvalue weighted by atomic mass is 16.4. The standard InChI is InChI=1S/C13H17NO3/c1-9-5-6-12(17-9)10(2)14-8-11(15)13-4-3-7-16-13/h3-7,10-11,14-15H,8H2,1-2H3. The fourth-order valence-corrected chi connectivity index (χ4v) is 1.66. The predicted octanol–water partition coefficient (Wildman–Crippen LogP) is 2.57. The minimum Gasteiger partial charge on any atom is -0.467 e. The third-order valence-electron chi connectivity index (χ3n) is 2.68. The molecule has 2 unspecified atom stereocenters. The Morgan fingerprint density at radius 2 is 2.12 bits per heavy atom. The van der Waals surface area contributed by atoms with E-state index in [1.165, 1.54) is 0 Å². The van der Waals surface area contributed by atoms with Crippen LogP contribution < -0.4 is 5.32 Å². The number of aryl methyl sites for hydroxylation is 1. The van der Waals surface area contributed by atoms with E-state index in [4.69, 9.17) is 8.83 Å². The Morgan fingerprint density at radius 3 is 2.71 bits per heavy atom. The van der Waals surface area contributed by atoms with Gasteiger partial charge in [-0.3, -0.25) is 0 Å². The topological polar surface area (TPSA) is 58.5 Å². The summed E-state index contributed by atoms with van der Waals surface area (Å²) in [6.45, 7) is 4.33. The van der Waals surface area contributed by atoms with Gasteiger partial charge in [0.2, 0.25) is 0 Å². The maximum Gasteiger partial charge on any atom is 0.133 e. The third kappa shape index (κ3) is 2.99. The SMILES string of the molecule is Cc1ccc(C(C)NCC(O)c2ccco2)o1. The number of furan rings is 2. The number of hydrogen-bond donors (Lipinski definition) is 2. The summed E-state index contributed by atoms with van der Waals surface area (Å²) in [4.78, 5) is 0. The highest BCUT2D eigenvalue weighted by molar-refractivity contribution is 5.09. The molecule has 2 aromatic rings. The molecule has 2 rings (SSSR count). The molecule has 4 heteroatoms. The molecule has 0 spiro atoms. The van der Waals surface area contributed by atoms with Crippen molar-refractivity contribution < 1.29 is 13.9 Å². The first kappa shape index (κ1) is 12.0. The summed E-state index contributed by atoms with van der Waals surface area (Å²) >= 11 is 0. The first-order chi connectivity index (χ1) is 8.16. The summed E-state index contributed by atoms with van der Waals surface area (Å²) in [5, 5.41) is 13.0. The lowest BCUT2D eigenvalue weighted by Crippen LogP contribution is -2.24. The normalized spacial score (nSPS) is 14.8. The average molecular weight is 235 g/mol. The van der Waals surface area contributed by atoms with Crippen LogP contribution in [-0.4, -0.2) is 11.7 Å². The van der Waals surface area contributed by atoms with Gasteiger partial charge in [-0.1, -0.05) is 0 Å². The molecule has 0 saturated heterocycles. The molecule has 0 fully saturated rings. The maximum atomic E-state index is 9.82. The van der Waals surface area contributed by atoms with Crippen LogP contribution in [-0.2, 0) is 0 Å². The van der Waals surface area contributed by atoms with Crippen LogP contribution in [0.4, 0.5) is 0 Å². The summed E-state index contributed by atoms with van der Waals surface area (Å²) in [6, 6.07) is 7.45. The van der Waals surface area contributed by atoms with Crippen molar-refractivity contribution in [2.75, 3.05) is 6.54 Å². The van der Waals surface area contributed by atoms with Gasteiger partial charge in [0.1, 0.15) is 23.4 Å². The van der Waals surface area contributed by atoms with Crippen molar-refractivity contribution in [1.29, 1.82) is 0 Å². The summed E-state index contributed by atoms with van der Waals surface area (Å²) in [6.07, 6.45) is 0.918. The van der Waals surface area contributed by atoms with Gasteiger partial charge in [0.05, 0.1) is 12.3 Å². The van der Waals surface area contributed by atoms with Crippen molar-refractivity contribution in [2.24, 2.45) is 0 Å². The van der Waals surface area contributed by atoms with Crippen molar-refractivity contribution in [1.82, 2.24) is 5.32 Å². The Morgan fingerprint density at radius 1 is 1.29 bits per heavy atom. The smallest absolute Gasteiger partial charge is 0.133 e. The second-order valence-electron chi connectivity index (χ2n) is 4.11. The average Bonchev–Trinajstić information content (AvgIpc) is 2.95. The first-order valence-corrected chi connectivity index (χ1v) is 5.68. The van der Waals surface area contributed by atoms with Gasteiger partial charge in [-0.05, 0) is 38.1 Å². The van der Waals surface area contributed by atoms with E-state index in [1.54, 1.807) is 18.4 Å². The van der Waals surface area contributed by atoms with Crippen LogP contribution in [0, 0.1) is 6.92 Å². The Balaban J connectivity index is 1.86. The molecule has 0 aromatic carbocycles. The van der Waals surface area contributed by atoms with Gasteiger partial charge in [-0.15, -0.1) is 0 Å². The van der Waals surface area contributed by atoms with Crippen LogP contribution in [0.15, 0.2) is 39.4 Å². The van der Waals surface area contributed by atoms with Crippen molar-refractivity contribution in [3.63, 3.8) is 0 Å². The van der Waals surface area contributed by atoms with Crippen LogP contribution in [0.5, 0.6) is 0 Å². The van der Waals surface area contributed by atoms with E-state index in [9.17, 15) is 5.11 Å². The molecule has 2 atom stereocenters. The number of aliphatic hydroxyl groups is 1. The van der Waals surface area contributed by atoms with Crippen molar-refractivity contribution >= 4 is 0 Å². The zero-order chi connectivity index (χ0) is 12.3. The van der Waals surface area contributed by atoms with Crippen molar-refractivity contribution in [3.8, 4) is 0 Å². The lowest BCUT2D eigenvalue weighted by molar-refractivity contribution is 0.143. The zero-order valence-corrected chi connectivity index (χ0v) is 10.0. The fraction of sp³-hybridized carbons (Fsp3) is 0.385. The largest absolute Gasteiger partial charge is 0.467 e. The molecule has 2 N–H and O–H groups in total. The second kappa shape index (κ2) is 5.21. The number of rotatable bonds is 5. The van der Waals surface area contributed by atoms with E-state index in [1.807, 2.05) is 26.0 Å². The first-order valence-electron chi connectivity index (χ1n) is 5.68. The molecule has 2 heterocycles. The maximum absolute atomic E-state index is 9.82. The summed E-state index contributed by atoms with van der Waals surface area (Å²) in [7, 11) is 0. The van der Waals surface area contributed by atoms with Gasteiger partial charge in [-0.2, -0.15) is 0 Å². The molecule has 92 valence electrons. The lowest BCUT2D eigenvalue weighted by Gasteiger charge is -2.14. The molecule has 0 amide bonds. The molecule has 2 aromatic heterocycles. The van der Waals surface area contributed by atoms with E-state index < -0.39 is 6.10 Å². The van der Waals surface area contributed by atoms with Gasteiger partial charge in [-0.25, -0.2) is 0 Å². The summed E-state index contributed by atoms with van der Waals surface area (Å²) in [5.41, 5.74) is 0. The van der Waals surface area contributed by atoms with E-state index in [0.29, 0.717) is 12.3 Å². The number of hydrogen-bond acceptors (Lipinski definition) is 4. The van der Waals surface area contributed by atoms with Gasteiger partial charge < -0.3 is 19.3 Å². The highest BCUT2D eigenvalue weighted by Gasteiger charge is 2.14. The Kier molecular flexibility index (Phi) is 3.66. The Bertz CT molecular complexity index is 447. The van der Waals surface area contributed by atoms with Crippen LogP contribution in [0.3, 0.4) is 0 Å². The van der Waals surface area contributed by atoms with Crippen LogP contribution in [0.1, 0.15) is 36.4 Å². The minimum absolute atomic E-state index is 0.0633. The second-order valence-corrected chi connectivity index (χ2v) is 4.11. The van der Waals surface area contributed by atoms with Gasteiger partial charge in [0, 0.05) is 6.54 Å².